The highest BCUT2D eigenvalue weighted by molar-refractivity contribution is 5.60. The minimum absolute atomic E-state index is 0.584. The quantitative estimate of drug-likeness (QED) is 0.890. The molecule has 1 aliphatic rings. The van der Waals surface area contributed by atoms with E-state index in [9.17, 15) is 0 Å². The molecule has 1 fully saturated rings. The summed E-state index contributed by atoms with van der Waals surface area (Å²) in [7, 11) is 3.35. The second-order valence-corrected chi connectivity index (χ2v) is 5.64. The number of hydrogen-bond acceptors (Lipinski definition) is 3. The van der Waals surface area contributed by atoms with Gasteiger partial charge in [-0.3, -0.25) is 0 Å². The lowest BCUT2D eigenvalue weighted by Gasteiger charge is -2.29. The highest BCUT2D eigenvalue weighted by Crippen LogP contribution is 2.34. The first kappa shape index (κ1) is 14.0. The first-order chi connectivity index (χ1) is 9.13. The third-order valence-electron chi connectivity index (χ3n) is 4.03. The maximum atomic E-state index is 5.38. The highest BCUT2D eigenvalue weighted by Gasteiger charge is 2.19. The fourth-order valence-corrected chi connectivity index (χ4v) is 2.92. The molecular formula is C16H25NO2. The van der Waals surface area contributed by atoms with Crippen molar-refractivity contribution in [3.63, 3.8) is 0 Å². The Bertz CT molecular complexity index is 431. The molecule has 0 heterocycles. The highest BCUT2D eigenvalue weighted by atomic mass is 16.5. The van der Waals surface area contributed by atoms with Crippen molar-refractivity contribution in [3.05, 3.63) is 17.7 Å². The van der Waals surface area contributed by atoms with Gasteiger partial charge in [-0.25, -0.2) is 0 Å². The predicted molar refractivity (Wildman–Crippen MR) is 79.3 cm³/mol. The molecule has 2 rings (SSSR count). The first-order valence-corrected chi connectivity index (χ1v) is 7.13. The van der Waals surface area contributed by atoms with Crippen LogP contribution in [0.25, 0.3) is 0 Å². The Morgan fingerprint density at radius 1 is 1.11 bits per heavy atom. The molecule has 0 radical (unpaired) electrons. The number of methoxy groups -OCH3 is 2. The van der Waals surface area contributed by atoms with Crippen LogP contribution in [0.2, 0.25) is 0 Å². The van der Waals surface area contributed by atoms with Crippen LogP contribution < -0.4 is 14.8 Å². The van der Waals surface area contributed by atoms with Crippen LogP contribution in [0.3, 0.4) is 0 Å². The Labute approximate surface area is 116 Å². The van der Waals surface area contributed by atoms with Crippen LogP contribution in [-0.4, -0.2) is 20.3 Å². The molecule has 0 amide bonds. The summed E-state index contributed by atoms with van der Waals surface area (Å²) >= 11 is 0. The molecule has 2 unspecified atom stereocenters. The second kappa shape index (κ2) is 6.18. The summed E-state index contributed by atoms with van der Waals surface area (Å²) in [5.74, 6) is 2.41. The van der Waals surface area contributed by atoms with Crippen molar-refractivity contribution in [2.45, 2.75) is 45.6 Å². The van der Waals surface area contributed by atoms with Gasteiger partial charge in [0.15, 0.2) is 11.5 Å². The van der Waals surface area contributed by atoms with Crippen molar-refractivity contribution in [3.8, 4) is 11.5 Å². The van der Waals surface area contributed by atoms with E-state index in [0.29, 0.717) is 6.04 Å². The summed E-state index contributed by atoms with van der Waals surface area (Å²) < 4.78 is 10.7. The van der Waals surface area contributed by atoms with Crippen LogP contribution in [-0.2, 0) is 0 Å². The number of hydrogen-bond donors (Lipinski definition) is 1. The lowest BCUT2D eigenvalue weighted by molar-refractivity contribution is 0.352. The molecule has 106 valence electrons. The van der Waals surface area contributed by atoms with Gasteiger partial charge in [-0.1, -0.05) is 19.8 Å². The van der Waals surface area contributed by atoms with Gasteiger partial charge in [-0.05, 0) is 37.3 Å². The maximum absolute atomic E-state index is 5.38. The largest absolute Gasteiger partial charge is 0.493 e. The molecule has 1 N–H and O–H groups in total. The zero-order chi connectivity index (χ0) is 13.8. The molecule has 0 bridgehead atoms. The van der Waals surface area contributed by atoms with Crippen LogP contribution in [0.4, 0.5) is 5.69 Å². The minimum Gasteiger partial charge on any atom is -0.493 e. The smallest absolute Gasteiger partial charge is 0.162 e. The van der Waals surface area contributed by atoms with E-state index >= 15 is 0 Å². The summed E-state index contributed by atoms with van der Waals surface area (Å²) in [5, 5.41) is 3.67. The average molecular weight is 263 g/mol. The molecule has 3 nitrogen and oxygen atoms in total. The summed E-state index contributed by atoms with van der Waals surface area (Å²) in [6.07, 6.45) is 5.21. The van der Waals surface area contributed by atoms with Crippen molar-refractivity contribution in [2.75, 3.05) is 19.5 Å². The molecule has 0 spiro atoms. The van der Waals surface area contributed by atoms with Crippen LogP contribution >= 0.6 is 0 Å². The van der Waals surface area contributed by atoms with Crippen molar-refractivity contribution in [1.29, 1.82) is 0 Å². The van der Waals surface area contributed by atoms with Gasteiger partial charge in [0, 0.05) is 17.8 Å². The molecule has 1 aliphatic carbocycles. The summed E-state index contributed by atoms with van der Waals surface area (Å²) in [6.45, 7) is 4.45. The van der Waals surface area contributed by atoms with E-state index in [1.807, 2.05) is 12.1 Å². The number of benzene rings is 1. The van der Waals surface area contributed by atoms with Gasteiger partial charge in [0.2, 0.25) is 0 Å². The second-order valence-electron chi connectivity index (χ2n) is 5.64. The molecule has 0 aliphatic heterocycles. The van der Waals surface area contributed by atoms with Crippen LogP contribution in [0, 0.1) is 12.8 Å². The topological polar surface area (TPSA) is 30.5 Å². The summed E-state index contributed by atoms with van der Waals surface area (Å²) in [5.41, 5.74) is 2.37. The maximum Gasteiger partial charge on any atom is 0.162 e. The Morgan fingerprint density at radius 2 is 1.79 bits per heavy atom. The number of rotatable bonds is 4. The normalized spacial score (nSPS) is 22.9. The summed E-state index contributed by atoms with van der Waals surface area (Å²) in [4.78, 5) is 0. The third kappa shape index (κ3) is 3.34. The van der Waals surface area contributed by atoms with Gasteiger partial charge >= 0.3 is 0 Å². The average Bonchev–Trinajstić information content (AvgIpc) is 2.40. The Morgan fingerprint density at radius 3 is 2.42 bits per heavy atom. The van der Waals surface area contributed by atoms with Gasteiger partial charge < -0.3 is 14.8 Å². The molecule has 0 aromatic heterocycles. The van der Waals surface area contributed by atoms with E-state index in [4.69, 9.17) is 9.47 Å². The van der Waals surface area contributed by atoms with Crippen LogP contribution in [0.5, 0.6) is 11.5 Å². The van der Waals surface area contributed by atoms with Crippen molar-refractivity contribution >= 4 is 5.69 Å². The van der Waals surface area contributed by atoms with Gasteiger partial charge in [-0.2, -0.15) is 0 Å². The van der Waals surface area contributed by atoms with E-state index in [1.54, 1.807) is 14.2 Å². The van der Waals surface area contributed by atoms with Crippen LogP contribution in [0.15, 0.2) is 12.1 Å². The van der Waals surface area contributed by atoms with Gasteiger partial charge in [-0.15, -0.1) is 0 Å². The van der Waals surface area contributed by atoms with E-state index in [0.717, 1.165) is 23.1 Å². The Kier molecular flexibility index (Phi) is 4.56. The van der Waals surface area contributed by atoms with E-state index in [1.165, 1.54) is 31.2 Å². The van der Waals surface area contributed by atoms with Gasteiger partial charge in [0.05, 0.1) is 14.2 Å². The molecular weight excluding hydrogens is 238 g/mol. The third-order valence-corrected chi connectivity index (χ3v) is 4.03. The minimum atomic E-state index is 0.584. The predicted octanol–water partition coefficient (Wildman–Crippen LogP) is 4.00. The summed E-state index contributed by atoms with van der Waals surface area (Å²) in [6, 6.07) is 4.67. The lowest BCUT2D eigenvalue weighted by atomic mass is 9.87. The monoisotopic (exact) mass is 263 g/mol. The molecule has 1 aromatic rings. The van der Waals surface area contributed by atoms with Crippen molar-refractivity contribution in [2.24, 2.45) is 5.92 Å². The number of anilines is 1. The van der Waals surface area contributed by atoms with Gasteiger partial charge in [0.1, 0.15) is 0 Å². The SMILES string of the molecule is COc1cc(C)c(NC2CCCC(C)C2)cc1OC. The number of ether oxygens (including phenoxy) is 2. The molecule has 19 heavy (non-hydrogen) atoms. The Balaban J connectivity index is 2.15. The van der Waals surface area contributed by atoms with Crippen molar-refractivity contribution < 1.29 is 9.47 Å². The zero-order valence-corrected chi connectivity index (χ0v) is 12.5. The molecule has 1 aromatic carbocycles. The van der Waals surface area contributed by atoms with E-state index in [2.05, 4.69) is 19.2 Å². The molecule has 0 saturated heterocycles. The first-order valence-electron chi connectivity index (χ1n) is 7.13. The molecule has 2 atom stereocenters. The zero-order valence-electron chi connectivity index (χ0n) is 12.5. The standard InChI is InChI=1S/C16H25NO2/c1-11-6-5-7-13(8-11)17-14-10-16(19-4)15(18-3)9-12(14)2/h9-11,13,17H,5-8H2,1-4H3. The number of aryl methyl sites for hydroxylation is 1. The molecule has 1 saturated carbocycles. The number of nitrogens with one attached hydrogen (secondary N) is 1. The van der Waals surface area contributed by atoms with Gasteiger partial charge in [0.25, 0.3) is 0 Å². The Hall–Kier alpha value is -1.38. The van der Waals surface area contributed by atoms with Crippen LogP contribution in [0.1, 0.15) is 38.2 Å². The molecule has 3 heteroatoms. The fraction of sp³-hybridized carbons (Fsp3) is 0.625. The lowest BCUT2D eigenvalue weighted by Crippen LogP contribution is -2.26. The van der Waals surface area contributed by atoms with E-state index in [-0.39, 0.29) is 0 Å². The van der Waals surface area contributed by atoms with E-state index < -0.39 is 0 Å². The fourth-order valence-electron chi connectivity index (χ4n) is 2.92. The van der Waals surface area contributed by atoms with Crippen molar-refractivity contribution in [1.82, 2.24) is 0 Å².